The van der Waals surface area contributed by atoms with Gasteiger partial charge in [0.1, 0.15) is 0 Å². The van der Waals surface area contributed by atoms with Gasteiger partial charge in [0.2, 0.25) is 0 Å². The highest BCUT2D eigenvalue weighted by atomic mass is 32.2. The zero-order valence-electron chi connectivity index (χ0n) is 17.8. The third-order valence-corrected chi connectivity index (χ3v) is 7.82. The Labute approximate surface area is 188 Å². The standard InChI is InChI=1S/C28H27O2S/c1-2-20-28(21-10-5-11-22-28)30-27(29)23-16-18-26(19-17-23)31(24-12-6-3-7-13-24)25-14-8-4-9-15-25/h3-4,6-9,12-19H,5,10-11,21-22H2,1H3/q+1. The second-order valence-corrected chi connectivity index (χ2v) is 9.80. The Balaban J connectivity index is 1.60. The van der Waals surface area contributed by atoms with Crippen LogP contribution in [0.2, 0.25) is 0 Å². The molecule has 3 aromatic carbocycles. The second-order valence-electron chi connectivity index (χ2n) is 7.78. The molecule has 0 N–H and O–H groups in total. The predicted molar refractivity (Wildman–Crippen MR) is 126 cm³/mol. The Morgan fingerprint density at radius 3 is 1.81 bits per heavy atom. The number of esters is 1. The summed E-state index contributed by atoms with van der Waals surface area (Å²) < 4.78 is 5.96. The number of hydrogen-bond acceptors (Lipinski definition) is 2. The van der Waals surface area contributed by atoms with E-state index in [1.165, 1.54) is 21.1 Å². The van der Waals surface area contributed by atoms with E-state index in [0.29, 0.717) is 5.56 Å². The number of hydrogen-bond donors (Lipinski definition) is 0. The van der Waals surface area contributed by atoms with Crippen LogP contribution in [-0.2, 0) is 15.6 Å². The van der Waals surface area contributed by atoms with Crippen LogP contribution in [0.15, 0.2) is 99.6 Å². The minimum absolute atomic E-state index is 0.228. The van der Waals surface area contributed by atoms with Gasteiger partial charge in [-0.3, -0.25) is 0 Å². The predicted octanol–water partition coefficient (Wildman–Crippen LogP) is 6.67. The SMILES string of the molecule is CC#CC1(OC(=O)c2ccc([S+](c3ccccc3)c3ccccc3)cc2)CCCCC1. The molecule has 31 heavy (non-hydrogen) atoms. The summed E-state index contributed by atoms with van der Waals surface area (Å²) in [5, 5.41) is 0. The topological polar surface area (TPSA) is 26.3 Å². The monoisotopic (exact) mass is 427 g/mol. The molecule has 1 fully saturated rings. The van der Waals surface area contributed by atoms with Gasteiger partial charge in [-0.15, -0.1) is 5.92 Å². The first-order valence-electron chi connectivity index (χ1n) is 10.8. The van der Waals surface area contributed by atoms with Gasteiger partial charge in [-0.1, -0.05) is 48.7 Å². The van der Waals surface area contributed by atoms with Crippen molar-refractivity contribution in [2.24, 2.45) is 0 Å². The highest BCUT2D eigenvalue weighted by Gasteiger charge is 2.35. The lowest BCUT2D eigenvalue weighted by molar-refractivity contribution is -0.00671. The molecule has 0 atom stereocenters. The summed E-state index contributed by atoms with van der Waals surface area (Å²) in [7, 11) is -0.228. The van der Waals surface area contributed by atoms with E-state index in [2.05, 4.69) is 72.5 Å². The quantitative estimate of drug-likeness (QED) is 0.258. The molecule has 0 amide bonds. The van der Waals surface area contributed by atoms with Gasteiger partial charge in [0.25, 0.3) is 0 Å². The Kier molecular flexibility index (Phi) is 6.79. The van der Waals surface area contributed by atoms with E-state index in [4.69, 9.17) is 4.74 Å². The Hall–Kier alpha value is -2.96. The fourth-order valence-electron chi connectivity index (χ4n) is 4.09. The third kappa shape index (κ3) is 5.03. The number of ether oxygens (including phenoxy) is 1. The van der Waals surface area contributed by atoms with Gasteiger partial charge in [0.15, 0.2) is 20.3 Å². The van der Waals surface area contributed by atoms with Crippen LogP contribution in [0.3, 0.4) is 0 Å². The van der Waals surface area contributed by atoms with Crippen molar-refractivity contribution in [1.82, 2.24) is 0 Å². The fraction of sp³-hybridized carbons (Fsp3) is 0.250. The van der Waals surface area contributed by atoms with Crippen LogP contribution in [0.5, 0.6) is 0 Å². The van der Waals surface area contributed by atoms with Gasteiger partial charge >= 0.3 is 5.97 Å². The maximum absolute atomic E-state index is 12.9. The van der Waals surface area contributed by atoms with Gasteiger partial charge in [-0.25, -0.2) is 4.79 Å². The molecule has 1 aliphatic rings. The van der Waals surface area contributed by atoms with Gasteiger partial charge in [-0.05, 0) is 81.1 Å². The summed E-state index contributed by atoms with van der Waals surface area (Å²) in [6.07, 6.45) is 4.93. The van der Waals surface area contributed by atoms with Crippen LogP contribution in [0, 0.1) is 11.8 Å². The van der Waals surface area contributed by atoms with Crippen LogP contribution in [0.1, 0.15) is 49.4 Å². The first kappa shape index (κ1) is 21.3. The molecule has 0 spiro atoms. The molecule has 2 nitrogen and oxygen atoms in total. The first-order chi connectivity index (χ1) is 15.2. The molecule has 156 valence electrons. The van der Waals surface area contributed by atoms with Crippen molar-refractivity contribution in [3.05, 3.63) is 90.5 Å². The fourth-order valence-corrected chi connectivity index (χ4v) is 6.17. The number of carbonyl (C=O) groups is 1. The van der Waals surface area contributed by atoms with E-state index in [0.717, 1.165) is 25.7 Å². The lowest BCUT2D eigenvalue weighted by Gasteiger charge is -2.32. The molecular formula is C28H27O2S+. The maximum atomic E-state index is 12.9. The minimum atomic E-state index is -0.624. The van der Waals surface area contributed by atoms with Crippen LogP contribution in [0.4, 0.5) is 0 Å². The zero-order valence-corrected chi connectivity index (χ0v) is 18.7. The number of benzene rings is 3. The average Bonchev–Trinajstić information content (AvgIpc) is 2.82. The van der Waals surface area contributed by atoms with Crippen molar-refractivity contribution in [3.8, 4) is 11.8 Å². The van der Waals surface area contributed by atoms with E-state index in [1.807, 2.05) is 31.2 Å². The van der Waals surface area contributed by atoms with Gasteiger partial charge < -0.3 is 4.74 Å². The van der Waals surface area contributed by atoms with Gasteiger partial charge in [-0.2, -0.15) is 0 Å². The smallest absolute Gasteiger partial charge is 0.339 e. The molecule has 0 heterocycles. The van der Waals surface area contributed by atoms with Crippen LogP contribution in [0.25, 0.3) is 0 Å². The van der Waals surface area contributed by atoms with E-state index < -0.39 is 5.60 Å². The molecule has 0 bridgehead atoms. The molecular weight excluding hydrogens is 400 g/mol. The molecule has 0 aliphatic heterocycles. The molecule has 0 radical (unpaired) electrons. The van der Waals surface area contributed by atoms with Gasteiger partial charge in [0, 0.05) is 0 Å². The van der Waals surface area contributed by atoms with Crippen molar-refractivity contribution in [2.75, 3.05) is 0 Å². The maximum Gasteiger partial charge on any atom is 0.339 e. The van der Waals surface area contributed by atoms with Crippen LogP contribution in [-0.4, -0.2) is 11.6 Å². The first-order valence-corrected chi connectivity index (χ1v) is 12.0. The molecule has 1 aliphatic carbocycles. The van der Waals surface area contributed by atoms with E-state index in [-0.39, 0.29) is 16.9 Å². The molecule has 3 aromatic rings. The van der Waals surface area contributed by atoms with Crippen LogP contribution < -0.4 is 0 Å². The van der Waals surface area contributed by atoms with Crippen molar-refractivity contribution in [3.63, 3.8) is 0 Å². The molecule has 1 saturated carbocycles. The zero-order chi connectivity index (χ0) is 21.5. The molecule has 0 aromatic heterocycles. The molecule has 0 saturated heterocycles. The van der Waals surface area contributed by atoms with Crippen molar-refractivity contribution < 1.29 is 9.53 Å². The number of carbonyl (C=O) groups excluding carboxylic acids is 1. The summed E-state index contributed by atoms with van der Waals surface area (Å²) in [4.78, 5) is 16.6. The van der Waals surface area contributed by atoms with E-state index in [9.17, 15) is 4.79 Å². The molecule has 0 unspecified atom stereocenters. The Bertz CT molecular complexity index is 1020. The second kappa shape index (κ2) is 9.90. The van der Waals surface area contributed by atoms with E-state index >= 15 is 0 Å². The lowest BCUT2D eigenvalue weighted by atomic mass is 9.85. The summed E-state index contributed by atoms with van der Waals surface area (Å²) in [6, 6.07) is 28.9. The average molecular weight is 428 g/mol. The summed E-state index contributed by atoms with van der Waals surface area (Å²) in [6.45, 7) is 1.81. The normalized spacial score (nSPS) is 15.0. The minimum Gasteiger partial charge on any atom is -0.442 e. The van der Waals surface area contributed by atoms with Crippen molar-refractivity contribution in [2.45, 2.75) is 59.3 Å². The van der Waals surface area contributed by atoms with E-state index in [1.54, 1.807) is 0 Å². The third-order valence-electron chi connectivity index (χ3n) is 5.59. The van der Waals surface area contributed by atoms with Crippen LogP contribution >= 0.6 is 0 Å². The van der Waals surface area contributed by atoms with Crippen molar-refractivity contribution in [1.29, 1.82) is 0 Å². The largest absolute Gasteiger partial charge is 0.442 e. The highest BCUT2D eigenvalue weighted by Crippen LogP contribution is 2.33. The molecule has 4 rings (SSSR count). The highest BCUT2D eigenvalue weighted by molar-refractivity contribution is 7.97. The summed E-state index contributed by atoms with van der Waals surface area (Å²) >= 11 is 0. The Morgan fingerprint density at radius 2 is 1.29 bits per heavy atom. The van der Waals surface area contributed by atoms with Gasteiger partial charge in [0.05, 0.1) is 16.5 Å². The summed E-state index contributed by atoms with van der Waals surface area (Å²) in [5.41, 5.74) is -0.0440. The molecule has 3 heteroatoms. The number of rotatable bonds is 5. The Morgan fingerprint density at radius 1 is 0.774 bits per heavy atom. The van der Waals surface area contributed by atoms with Crippen molar-refractivity contribution >= 4 is 16.9 Å². The summed E-state index contributed by atoms with van der Waals surface area (Å²) in [5.74, 6) is 5.87. The lowest BCUT2D eigenvalue weighted by Crippen LogP contribution is -2.35.